The third-order valence-electron chi connectivity index (χ3n) is 4.01. The molecule has 0 aliphatic rings. The fourth-order valence-corrected chi connectivity index (χ4v) is 2.62. The van der Waals surface area contributed by atoms with Crippen molar-refractivity contribution in [3.05, 3.63) is 78.6 Å². The van der Waals surface area contributed by atoms with Crippen LogP contribution in [0.15, 0.2) is 73.1 Å². The van der Waals surface area contributed by atoms with Crippen molar-refractivity contribution >= 4 is 33.7 Å². The molecule has 0 bridgehead atoms. The Kier molecular flexibility index (Phi) is 14.7. The molecule has 10 nitrogen and oxygen atoms in total. The predicted octanol–water partition coefficient (Wildman–Crippen LogP) is -1.42. The molecule has 0 aliphatic carbocycles. The van der Waals surface area contributed by atoms with Crippen LogP contribution >= 0.6 is 0 Å². The Balaban J connectivity index is 0. The van der Waals surface area contributed by atoms with E-state index < -0.39 is 11.9 Å². The predicted molar refractivity (Wildman–Crippen MR) is 118 cm³/mol. The maximum absolute atomic E-state index is 10.4. The van der Waals surface area contributed by atoms with Gasteiger partial charge in [-0.2, -0.15) is 0 Å². The molecule has 0 radical (unpaired) electrons. The third kappa shape index (κ3) is 8.87. The average Bonchev–Trinajstić information content (AvgIpc) is 2.74. The van der Waals surface area contributed by atoms with Crippen LogP contribution < -0.4 is 14.9 Å². The third-order valence-corrected chi connectivity index (χ3v) is 4.01. The summed E-state index contributed by atoms with van der Waals surface area (Å²) in [5.41, 5.74) is 2.00. The molecular weight excluding hydrogens is 486 g/mol. The second-order valence-corrected chi connectivity index (χ2v) is 6.00. The largest absolute Gasteiger partial charge is 2.00 e. The van der Waals surface area contributed by atoms with E-state index in [2.05, 4.69) is 34.2 Å². The molecule has 0 fully saturated rings. The number of aromatic nitrogens is 2. The number of rotatable bonds is 5. The quantitative estimate of drug-likeness (QED) is 0.177. The van der Waals surface area contributed by atoms with Crippen molar-refractivity contribution < 1.29 is 60.4 Å². The van der Waals surface area contributed by atoms with Gasteiger partial charge in [-0.1, -0.05) is 24.3 Å². The van der Waals surface area contributed by atoms with Crippen LogP contribution in [-0.4, -0.2) is 28.5 Å². The molecule has 33 heavy (non-hydrogen) atoms. The molecule has 0 atom stereocenters. The summed E-state index contributed by atoms with van der Waals surface area (Å²) in [6.45, 7) is -0.00694. The number of pyridine rings is 2. The summed E-state index contributed by atoms with van der Waals surface area (Å²) in [6, 6.07) is 17.6. The van der Waals surface area contributed by atoms with Crippen LogP contribution in [0.4, 0.5) is 0 Å². The second kappa shape index (κ2) is 15.3. The number of benzene rings is 2. The molecule has 0 aliphatic heterocycles. The first-order chi connectivity index (χ1) is 14.0. The van der Waals surface area contributed by atoms with Crippen LogP contribution in [-0.2, 0) is 40.7 Å². The van der Waals surface area contributed by atoms with Gasteiger partial charge >= 0.3 is 19.5 Å². The van der Waals surface area contributed by atoms with Crippen molar-refractivity contribution in [1.82, 2.24) is 9.97 Å². The van der Waals surface area contributed by atoms with E-state index in [4.69, 9.17) is 4.74 Å². The Morgan fingerprint density at radius 2 is 1.24 bits per heavy atom. The average molecular weight is 511 g/mol. The first-order valence-electron chi connectivity index (χ1n) is 8.77. The van der Waals surface area contributed by atoms with Gasteiger partial charge in [-0.05, 0) is 42.0 Å². The van der Waals surface area contributed by atoms with Gasteiger partial charge in [-0.3, -0.25) is 9.97 Å². The standard InChI is InChI=1S/C12H8N2.C10H10O5.3H2O.Zn/c1-3-9-5-6-10-4-2-8-14-12(10)11(9)13-7-1;11-9(12)5-6-15-8-3-1-7(2-4-8)10(13)14;;;;/h1-8H;1-4H,5-6H2,(H,11,12)(H,13,14);3*1H2;/q;;;;;+2/p+1. The van der Waals surface area contributed by atoms with E-state index in [1.807, 2.05) is 12.1 Å². The van der Waals surface area contributed by atoms with Gasteiger partial charge in [0.1, 0.15) is 5.75 Å². The minimum absolute atomic E-state index is 0. The van der Waals surface area contributed by atoms with Crippen molar-refractivity contribution in [3.8, 4) is 5.75 Å². The molecule has 0 unspecified atom stereocenters. The van der Waals surface area contributed by atoms with Crippen LogP contribution in [0.3, 0.4) is 0 Å². The summed E-state index contributed by atoms with van der Waals surface area (Å²) >= 11 is 0. The zero-order valence-corrected chi connectivity index (χ0v) is 20.7. The second-order valence-electron chi connectivity index (χ2n) is 6.00. The van der Waals surface area contributed by atoms with Gasteiger partial charge in [0.05, 0.1) is 23.6 Å². The van der Waals surface area contributed by atoms with Crippen LogP contribution in [0.5, 0.6) is 5.75 Å². The van der Waals surface area contributed by atoms with Gasteiger partial charge in [0.2, 0.25) is 0 Å². The molecule has 4 aromatic rings. The van der Waals surface area contributed by atoms with E-state index in [1.165, 1.54) is 24.3 Å². The Labute approximate surface area is 201 Å². The van der Waals surface area contributed by atoms with Gasteiger partial charge < -0.3 is 41.0 Å². The molecule has 0 saturated heterocycles. The number of aliphatic carboxylic acids is 1. The van der Waals surface area contributed by atoms with Crippen molar-refractivity contribution in [2.24, 2.45) is 0 Å². The first kappa shape index (κ1) is 31.7. The van der Waals surface area contributed by atoms with E-state index in [9.17, 15) is 19.8 Å². The zero-order valence-electron chi connectivity index (χ0n) is 17.7. The van der Waals surface area contributed by atoms with Crippen molar-refractivity contribution in [2.45, 2.75) is 6.42 Å². The van der Waals surface area contributed by atoms with E-state index >= 15 is 0 Å². The first-order valence-corrected chi connectivity index (χ1v) is 8.77. The number of hydrogen-bond donors (Lipinski definition) is 0. The number of ether oxygens (including phenoxy) is 1. The fraction of sp³-hybridized carbons (Fsp3) is 0.0909. The topological polar surface area (TPSA) is 214 Å². The van der Waals surface area contributed by atoms with Gasteiger partial charge in [-0.25, -0.2) is 0 Å². The number of fused-ring (bicyclic) bond motifs is 3. The van der Waals surface area contributed by atoms with Crippen molar-refractivity contribution in [1.29, 1.82) is 0 Å². The fourth-order valence-electron chi connectivity index (χ4n) is 2.62. The number of carboxylic acids is 2. The molecule has 2 aromatic carbocycles. The van der Waals surface area contributed by atoms with E-state index in [1.54, 1.807) is 12.4 Å². The molecule has 2 heterocycles. The molecule has 9 N–H and O–H groups in total. The molecule has 11 heteroatoms. The summed E-state index contributed by atoms with van der Waals surface area (Å²) in [4.78, 5) is 29.1. The number of hydrogen-bond acceptors (Lipinski definition) is 7. The Hall–Kier alpha value is -3.50. The summed E-state index contributed by atoms with van der Waals surface area (Å²) in [5, 5.41) is 22.7. The minimum Gasteiger partial charge on any atom is -0.550 e. The maximum Gasteiger partial charge on any atom is 2.00 e. The smallest absolute Gasteiger partial charge is 0.550 e. The summed E-state index contributed by atoms with van der Waals surface area (Å²) in [6.07, 6.45) is 3.40. The Morgan fingerprint density at radius 1 is 0.758 bits per heavy atom. The Bertz CT molecular complexity index is 1100. The monoisotopic (exact) mass is 509 g/mol. The van der Waals surface area contributed by atoms with E-state index in [-0.39, 0.29) is 54.5 Å². The molecule has 170 valence electrons. The van der Waals surface area contributed by atoms with Gasteiger partial charge in [0, 0.05) is 35.6 Å². The van der Waals surface area contributed by atoms with Gasteiger partial charge in [0.25, 0.3) is 0 Å². The molecule has 2 aromatic heterocycles. The van der Waals surface area contributed by atoms with Gasteiger partial charge in [-0.15, -0.1) is 0 Å². The summed E-state index contributed by atoms with van der Waals surface area (Å²) < 4.78 is 5.02. The molecular formula is C22H25N2O8Zn+3. The Morgan fingerprint density at radius 3 is 1.67 bits per heavy atom. The SMILES string of the molecule is O=C([O-])CCOc1ccc(C(=O)[O-])cc1.[OH3+].[OH3+].[OH3+].[Zn+2].c1cnc2c(c1)ccc1cccnc12. The van der Waals surface area contributed by atoms with E-state index in [0.29, 0.717) is 5.75 Å². The van der Waals surface area contributed by atoms with E-state index in [0.717, 1.165) is 21.8 Å². The number of carbonyl (C=O) groups excluding carboxylic acids is 2. The number of aromatic carboxylic acids is 1. The molecule has 0 spiro atoms. The summed E-state index contributed by atoms with van der Waals surface area (Å²) in [5.74, 6) is -2.06. The molecule has 0 amide bonds. The van der Waals surface area contributed by atoms with Crippen LogP contribution in [0, 0.1) is 0 Å². The number of carboxylic acid groups (broad SMARTS) is 2. The molecule has 0 saturated carbocycles. The summed E-state index contributed by atoms with van der Waals surface area (Å²) in [7, 11) is 0. The normalized spacial score (nSPS) is 8.97. The maximum atomic E-state index is 10.4. The van der Waals surface area contributed by atoms with Crippen LogP contribution in [0.2, 0.25) is 0 Å². The molecule has 4 rings (SSSR count). The van der Waals surface area contributed by atoms with Crippen LogP contribution in [0.25, 0.3) is 21.8 Å². The van der Waals surface area contributed by atoms with Gasteiger partial charge in [0.15, 0.2) is 0 Å². The minimum atomic E-state index is -1.27. The van der Waals surface area contributed by atoms with Crippen LogP contribution in [0.1, 0.15) is 16.8 Å². The van der Waals surface area contributed by atoms with Crippen molar-refractivity contribution in [3.63, 3.8) is 0 Å². The van der Waals surface area contributed by atoms with Crippen molar-refractivity contribution in [2.75, 3.05) is 6.61 Å². The zero-order chi connectivity index (χ0) is 20.6. The number of carbonyl (C=O) groups is 2. The number of nitrogens with zero attached hydrogens (tertiary/aromatic N) is 2.